The van der Waals surface area contributed by atoms with E-state index in [4.69, 9.17) is 6.42 Å². The Labute approximate surface area is 93.7 Å². The van der Waals surface area contributed by atoms with Gasteiger partial charge in [-0.15, -0.1) is 6.42 Å². The predicted octanol–water partition coefficient (Wildman–Crippen LogP) is 1.95. The number of rotatable bonds is 3. The normalized spacial score (nSPS) is 10.4. The molecule has 0 radical (unpaired) electrons. The van der Waals surface area contributed by atoms with Gasteiger partial charge in [-0.2, -0.15) is 0 Å². The second-order valence-corrected chi connectivity index (χ2v) is 3.02. The molecule has 3 heteroatoms. The van der Waals surface area contributed by atoms with Crippen LogP contribution in [0, 0.1) is 12.3 Å². The van der Waals surface area contributed by atoms with Crippen molar-refractivity contribution in [1.29, 1.82) is 0 Å². The van der Waals surface area contributed by atoms with E-state index < -0.39 is 5.97 Å². The highest BCUT2D eigenvalue weighted by Crippen LogP contribution is 2.04. The second kappa shape index (κ2) is 5.52. The average molecular weight is 214 g/mol. The van der Waals surface area contributed by atoms with Gasteiger partial charge in [-0.05, 0) is 6.92 Å². The molecular formula is C13H10O3. The molecular weight excluding hydrogens is 204 g/mol. The maximum Gasteiger partial charge on any atom is 0.389 e. The first-order valence-electron chi connectivity index (χ1n) is 4.59. The van der Waals surface area contributed by atoms with Crippen LogP contribution in [0.25, 0.3) is 0 Å². The van der Waals surface area contributed by atoms with Crippen LogP contribution in [-0.4, -0.2) is 11.8 Å². The fourth-order valence-electron chi connectivity index (χ4n) is 1.08. The van der Waals surface area contributed by atoms with Crippen LogP contribution >= 0.6 is 0 Å². The van der Waals surface area contributed by atoms with Gasteiger partial charge in [0.1, 0.15) is 5.76 Å². The summed E-state index contributed by atoms with van der Waals surface area (Å²) in [7, 11) is 0. The van der Waals surface area contributed by atoms with E-state index in [9.17, 15) is 9.59 Å². The quantitative estimate of drug-likeness (QED) is 0.193. The van der Waals surface area contributed by atoms with Crippen LogP contribution in [0.5, 0.6) is 0 Å². The standard InChI is InChI=1S/C13H10O3/c1-3-13(15)16-10(2)9-12(14)11-7-5-4-6-8-11/h1,4-9H,2H3/b10-9+. The van der Waals surface area contributed by atoms with E-state index in [1.165, 1.54) is 13.0 Å². The summed E-state index contributed by atoms with van der Waals surface area (Å²) in [5.41, 5.74) is 0.526. The van der Waals surface area contributed by atoms with Crippen LogP contribution in [0.1, 0.15) is 17.3 Å². The fourth-order valence-corrected chi connectivity index (χ4v) is 1.08. The molecule has 0 saturated heterocycles. The molecule has 0 N–H and O–H groups in total. The third-order valence-electron chi connectivity index (χ3n) is 1.76. The molecule has 80 valence electrons. The lowest BCUT2D eigenvalue weighted by Crippen LogP contribution is -2.01. The van der Waals surface area contributed by atoms with Crippen LogP contribution in [0.15, 0.2) is 42.2 Å². The maximum atomic E-state index is 11.6. The van der Waals surface area contributed by atoms with Crippen LogP contribution < -0.4 is 0 Å². The van der Waals surface area contributed by atoms with Crippen molar-refractivity contribution in [3.05, 3.63) is 47.7 Å². The number of terminal acetylenes is 1. The smallest absolute Gasteiger partial charge is 0.389 e. The Kier molecular flexibility index (Phi) is 4.05. The number of hydrogen-bond donors (Lipinski definition) is 0. The van der Waals surface area contributed by atoms with Gasteiger partial charge in [0.15, 0.2) is 5.78 Å². The summed E-state index contributed by atoms with van der Waals surface area (Å²) < 4.78 is 4.66. The lowest BCUT2D eigenvalue weighted by molar-refractivity contribution is -0.132. The van der Waals surface area contributed by atoms with Crippen molar-refractivity contribution in [3.8, 4) is 12.3 Å². The van der Waals surface area contributed by atoms with Crippen LogP contribution in [0.4, 0.5) is 0 Å². The molecule has 0 aliphatic carbocycles. The van der Waals surface area contributed by atoms with Crippen molar-refractivity contribution >= 4 is 11.8 Å². The summed E-state index contributed by atoms with van der Waals surface area (Å²) in [5, 5.41) is 0. The fraction of sp³-hybridized carbons (Fsp3) is 0.0769. The largest absolute Gasteiger partial charge is 0.422 e. The molecule has 0 saturated carbocycles. The van der Waals surface area contributed by atoms with Crippen LogP contribution in [-0.2, 0) is 9.53 Å². The first kappa shape index (κ1) is 11.7. The first-order valence-corrected chi connectivity index (χ1v) is 4.59. The maximum absolute atomic E-state index is 11.6. The summed E-state index contributed by atoms with van der Waals surface area (Å²) >= 11 is 0. The van der Waals surface area contributed by atoms with Gasteiger partial charge in [0.05, 0.1) is 0 Å². The Morgan fingerprint density at radius 2 is 1.94 bits per heavy atom. The zero-order valence-corrected chi connectivity index (χ0v) is 8.77. The molecule has 3 nitrogen and oxygen atoms in total. The molecule has 0 bridgehead atoms. The Morgan fingerprint density at radius 1 is 1.31 bits per heavy atom. The number of hydrogen-bond acceptors (Lipinski definition) is 3. The monoisotopic (exact) mass is 214 g/mol. The topological polar surface area (TPSA) is 43.4 Å². The molecule has 0 aliphatic heterocycles. The van der Waals surface area contributed by atoms with E-state index in [1.54, 1.807) is 30.2 Å². The highest BCUT2D eigenvalue weighted by molar-refractivity contribution is 6.04. The van der Waals surface area contributed by atoms with E-state index in [0.29, 0.717) is 5.56 Å². The number of benzene rings is 1. The van der Waals surface area contributed by atoms with Gasteiger partial charge >= 0.3 is 5.97 Å². The van der Waals surface area contributed by atoms with E-state index in [2.05, 4.69) is 4.74 Å². The molecule has 0 unspecified atom stereocenters. The van der Waals surface area contributed by atoms with Gasteiger partial charge in [-0.3, -0.25) is 4.79 Å². The lowest BCUT2D eigenvalue weighted by atomic mass is 10.1. The molecule has 0 amide bonds. The lowest BCUT2D eigenvalue weighted by Gasteiger charge is -1.99. The molecule has 1 aromatic carbocycles. The number of ether oxygens (including phenoxy) is 1. The van der Waals surface area contributed by atoms with Crippen molar-refractivity contribution in [2.45, 2.75) is 6.92 Å². The minimum Gasteiger partial charge on any atom is -0.422 e. The van der Waals surface area contributed by atoms with Gasteiger partial charge in [0.2, 0.25) is 0 Å². The van der Waals surface area contributed by atoms with Crippen molar-refractivity contribution in [1.82, 2.24) is 0 Å². The third kappa shape index (κ3) is 3.43. The highest BCUT2D eigenvalue weighted by Gasteiger charge is 2.04. The zero-order chi connectivity index (χ0) is 12.0. The Balaban J connectivity index is 2.74. The summed E-state index contributed by atoms with van der Waals surface area (Å²) in [6.45, 7) is 1.50. The summed E-state index contributed by atoms with van der Waals surface area (Å²) in [6.07, 6.45) is 6.05. The van der Waals surface area contributed by atoms with Crippen LogP contribution in [0.3, 0.4) is 0 Å². The minimum absolute atomic E-state index is 0.178. The predicted molar refractivity (Wildman–Crippen MR) is 59.5 cm³/mol. The van der Waals surface area contributed by atoms with Crippen molar-refractivity contribution in [3.63, 3.8) is 0 Å². The molecule has 1 aromatic rings. The number of ketones is 1. The molecule has 0 fully saturated rings. The molecule has 0 heterocycles. The van der Waals surface area contributed by atoms with E-state index in [1.807, 2.05) is 6.07 Å². The minimum atomic E-state index is -0.811. The average Bonchev–Trinajstić information content (AvgIpc) is 2.29. The van der Waals surface area contributed by atoms with Gasteiger partial charge in [0, 0.05) is 17.6 Å². The molecule has 16 heavy (non-hydrogen) atoms. The van der Waals surface area contributed by atoms with E-state index in [0.717, 1.165) is 0 Å². The van der Waals surface area contributed by atoms with Crippen LogP contribution in [0.2, 0.25) is 0 Å². The molecule has 0 aromatic heterocycles. The van der Waals surface area contributed by atoms with Crippen molar-refractivity contribution in [2.75, 3.05) is 0 Å². The Morgan fingerprint density at radius 3 is 2.50 bits per heavy atom. The Bertz CT molecular complexity index is 464. The first-order chi connectivity index (χ1) is 7.63. The van der Waals surface area contributed by atoms with Gasteiger partial charge in [-0.1, -0.05) is 30.3 Å². The third-order valence-corrected chi connectivity index (χ3v) is 1.76. The van der Waals surface area contributed by atoms with E-state index >= 15 is 0 Å². The van der Waals surface area contributed by atoms with Gasteiger partial charge < -0.3 is 4.74 Å². The highest BCUT2D eigenvalue weighted by atomic mass is 16.5. The summed E-state index contributed by atoms with van der Waals surface area (Å²) in [6, 6.07) is 8.67. The number of carbonyl (C=O) groups is 2. The summed E-state index contributed by atoms with van der Waals surface area (Å²) in [4.78, 5) is 22.3. The Hall–Kier alpha value is -2.34. The second-order valence-electron chi connectivity index (χ2n) is 3.02. The van der Waals surface area contributed by atoms with E-state index in [-0.39, 0.29) is 11.5 Å². The van der Waals surface area contributed by atoms with Gasteiger partial charge in [0.25, 0.3) is 0 Å². The number of allylic oxidation sites excluding steroid dienone is 2. The van der Waals surface area contributed by atoms with Gasteiger partial charge in [-0.25, -0.2) is 4.79 Å². The molecule has 0 aliphatic rings. The number of carbonyl (C=O) groups excluding carboxylic acids is 2. The van der Waals surface area contributed by atoms with Crippen molar-refractivity contribution in [2.24, 2.45) is 0 Å². The zero-order valence-electron chi connectivity index (χ0n) is 8.77. The summed E-state index contributed by atoms with van der Waals surface area (Å²) in [5.74, 6) is 0.929. The molecule has 0 spiro atoms. The SMILES string of the molecule is C#CC(=O)O/C(C)=C/C(=O)c1ccccc1. The molecule has 0 atom stereocenters. The number of esters is 1. The molecule has 1 rings (SSSR count). The van der Waals surface area contributed by atoms with Crippen molar-refractivity contribution < 1.29 is 14.3 Å².